The highest BCUT2D eigenvalue weighted by Gasteiger charge is 2.06. The topological polar surface area (TPSA) is 38.3 Å². The SMILES string of the molecule is CCC(=O)Nc1cc(F)ccc1OC. The summed E-state index contributed by atoms with van der Waals surface area (Å²) in [6.07, 6.45) is 0.347. The number of ether oxygens (including phenoxy) is 1. The van der Waals surface area contributed by atoms with Crippen molar-refractivity contribution in [2.24, 2.45) is 0 Å². The Bertz CT molecular complexity index is 339. The van der Waals surface area contributed by atoms with Crippen molar-refractivity contribution >= 4 is 11.6 Å². The maximum absolute atomic E-state index is 12.8. The molecule has 0 spiro atoms. The zero-order chi connectivity index (χ0) is 10.6. The zero-order valence-electron chi connectivity index (χ0n) is 8.13. The van der Waals surface area contributed by atoms with Crippen molar-refractivity contribution in [2.75, 3.05) is 12.4 Å². The van der Waals surface area contributed by atoms with E-state index in [0.717, 1.165) is 0 Å². The van der Waals surface area contributed by atoms with E-state index < -0.39 is 5.82 Å². The smallest absolute Gasteiger partial charge is 0.224 e. The second-order valence-corrected chi connectivity index (χ2v) is 2.75. The van der Waals surface area contributed by atoms with Gasteiger partial charge in [0.05, 0.1) is 12.8 Å². The molecule has 0 unspecified atom stereocenters. The van der Waals surface area contributed by atoms with E-state index in [1.807, 2.05) is 0 Å². The average molecular weight is 197 g/mol. The lowest BCUT2D eigenvalue weighted by Crippen LogP contribution is -2.10. The van der Waals surface area contributed by atoms with Crippen LogP contribution in [0, 0.1) is 5.82 Å². The van der Waals surface area contributed by atoms with Crippen LogP contribution in [0.4, 0.5) is 10.1 Å². The summed E-state index contributed by atoms with van der Waals surface area (Å²) >= 11 is 0. The maximum atomic E-state index is 12.8. The Balaban J connectivity index is 2.93. The van der Waals surface area contributed by atoms with E-state index in [9.17, 15) is 9.18 Å². The number of methoxy groups -OCH3 is 1. The minimum Gasteiger partial charge on any atom is -0.495 e. The van der Waals surface area contributed by atoms with Gasteiger partial charge in [-0.2, -0.15) is 0 Å². The molecule has 1 N–H and O–H groups in total. The van der Waals surface area contributed by atoms with Gasteiger partial charge in [-0.05, 0) is 12.1 Å². The number of amides is 1. The van der Waals surface area contributed by atoms with E-state index >= 15 is 0 Å². The first-order chi connectivity index (χ1) is 6.67. The van der Waals surface area contributed by atoms with Crippen LogP contribution < -0.4 is 10.1 Å². The van der Waals surface area contributed by atoms with Gasteiger partial charge in [0, 0.05) is 12.5 Å². The molecule has 0 heterocycles. The number of hydrogen-bond donors (Lipinski definition) is 1. The second kappa shape index (κ2) is 4.60. The molecule has 0 aliphatic rings. The van der Waals surface area contributed by atoms with E-state index in [1.54, 1.807) is 6.92 Å². The van der Waals surface area contributed by atoms with E-state index in [4.69, 9.17) is 4.74 Å². The predicted octanol–water partition coefficient (Wildman–Crippen LogP) is 2.18. The summed E-state index contributed by atoms with van der Waals surface area (Å²) in [5.41, 5.74) is 0.361. The largest absolute Gasteiger partial charge is 0.495 e. The third-order valence-corrected chi connectivity index (χ3v) is 1.76. The standard InChI is InChI=1S/C10H12FNO2/c1-3-10(13)12-8-6-7(11)4-5-9(8)14-2/h4-6H,3H2,1-2H3,(H,12,13). The molecule has 0 saturated carbocycles. The number of nitrogens with one attached hydrogen (secondary N) is 1. The Hall–Kier alpha value is -1.58. The first-order valence-electron chi connectivity index (χ1n) is 4.30. The summed E-state index contributed by atoms with van der Waals surface area (Å²) < 4.78 is 17.8. The highest BCUT2D eigenvalue weighted by atomic mass is 19.1. The van der Waals surface area contributed by atoms with E-state index in [1.165, 1.54) is 25.3 Å². The van der Waals surface area contributed by atoms with Gasteiger partial charge in [0.15, 0.2) is 0 Å². The van der Waals surface area contributed by atoms with Gasteiger partial charge in [0.1, 0.15) is 11.6 Å². The van der Waals surface area contributed by atoms with Gasteiger partial charge >= 0.3 is 0 Å². The number of carbonyl (C=O) groups is 1. The summed E-state index contributed by atoms with van der Waals surface area (Å²) in [5.74, 6) is -0.126. The number of rotatable bonds is 3. The molecule has 4 heteroatoms. The maximum Gasteiger partial charge on any atom is 0.224 e. The monoisotopic (exact) mass is 197 g/mol. The Morgan fingerprint density at radius 2 is 2.29 bits per heavy atom. The lowest BCUT2D eigenvalue weighted by molar-refractivity contribution is -0.115. The lowest BCUT2D eigenvalue weighted by Gasteiger charge is -2.08. The van der Waals surface area contributed by atoms with E-state index in [0.29, 0.717) is 17.9 Å². The van der Waals surface area contributed by atoms with Crippen LogP contribution in [-0.4, -0.2) is 13.0 Å². The summed E-state index contributed by atoms with van der Waals surface area (Å²) in [4.78, 5) is 11.1. The fourth-order valence-corrected chi connectivity index (χ4v) is 1.02. The molecule has 3 nitrogen and oxygen atoms in total. The quantitative estimate of drug-likeness (QED) is 0.806. The third-order valence-electron chi connectivity index (χ3n) is 1.76. The molecule has 0 bridgehead atoms. The van der Waals surface area contributed by atoms with Gasteiger partial charge in [-0.25, -0.2) is 4.39 Å². The van der Waals surface area contributed by atoms with Crippen LogP contribution in [-0.2, 0) is 4.79 Å². The zero-order valence-corrected chi connectivity index (χ0v) is 8.13. The molecule has 0 atom stereocenters. The molecular weight excluding hydrogens is 185 g/mol. The van der Waals surface area contributed by atoms with Gasteiger partial charge in [-0.15, -0.1) is 0 Å². The third kappa shape index (κ3) is 2.45. The molecule has 0 aromatic heterocycles. The van der Waals surface area contributed by atoms with Crippen LogP contribution in [0.3, 0.4) is 0 Å². The van der Waals surface area contributed by atoms with Crippen molar-refractivity contribution in [3.8, 4) is 5.75 Å². The van der Waals surface area contributed by atoms with E-state index in [-0.39, 0.29) is 5.91 Å². The summed E-state index contributed by atoms with van der Waals surface area (Å²) in [7, 11) is 1.47. The van der Waals surface area contributed by atoms with E-state index in [2.05, 4.69) is 5.32 Å². The highest BCUT2D eigenvalue weighted by molar-refractivity contribution is 5.92. The number of halogens is 1. The first-order valence-corrected chi connectivity index (χ1v) is 4.30. The lowest BCUT2D eigenvalue weighted by atomic mass is 10.2. The van der Waals surface area contributed by atoms with Crippen LogP contribution in [0.5, 0.6) is 5.75 Å². The molecule has 0 aliphatic carbocycles. The van der Waals surface area contributed by atoms with Crippen LogP contribution in [0.1, 0.15) is 13.3 Å². The normalized spacial score (nSPS) is 9.64. The molecule has 0 aliphatic heterocycles. The van der Waals surface area contributed by atoms with Gasteiger partial charge < -0.3 is 10.1 Å². The molecule has 0 fully saturated rings. The summed E-state index contributed by atoms with van der Waals surface area (Å²) in [6.45, 7) is 1.72. The fraction of sp³-hybridized carbons (Fsp3) is 0.300. The molecule has 1 aromatic rings. The van der Waals surface area contributed by atoms with Gasteiger partial charge in [0.2, 0.25) is 5.91 Å². The molecule has 1 rings (SSSR count). The highest BCUT2D eigenvalue weighted by Crippen LogP contribution is 2.24. The molecular formula is C10H12FNO2. The predicted molar refractivity (Wildman–Crippen MR) is 51.9 cm³/mol. The van der Waals surface area contributed by atoms with Crippen molar-refractivity contribution < 1.29 is 13.9 Å². The molecule has 76 valence electrons. The number of benzene rings is 1. The van der Waals surface area contributed by atoms with Crippen molar-refractivity contribution in [1.29, 1.82) is 0 Å². The van der Waals surface area contributed by atoms with Crippen molar-refractivity contribution in [3.63, 3.8) is 0 Å². The number of anilines is 1. The fourth-order valence-electron chi connectivity index (χ4n) is 1.02. The molecule has 0 saturated heterocycles. The Labute approximate surface area is 81.9 Å². The van der Waals surface area contributed by atoms with Crippen LogP contribution in [0.15, 0.2) is 18.2 Å². The summed E-state index contributed by atoms with van der Waals surface area (Å²) in [6, 6.07) is 3.98. The Morgan fingerprint density at radius 3 is 2.86 bits per heavy atom. The minimum absolute atomic E-state index is 0.172. The van der Waals surface area contributed by atoms with Crippen molar-refractivity contribution in [1.82, 2.24) is 0 Å². The molecule has 14 heavy (non-hydrogen) atoms. The first kappa shape index (κ1) is 10.5. The van der Waals surface area contributed by atoms with Crippen molar-refractivity contribution in [3.05, 3.63) is 24.0 Å². The van der Waals surface area contributed by atoms with Gasteiger partial charge in [-0.1, -0.05) is 6.92 Å². The Morgan fingerprint density at radius 1 is 1.57 bits per heavy atom. The van der Waals surface area contributed by atoms with Gasteiger partial charge in [0.25, 0.3) is 0 Å². The molecule has 1 aromatic carbocycles. The van der Waals surface area contributed by atoms with Crippen LogP contribution >= 0.6 is 0 Å². The van der Waals surface area contributed by atoms with Crippen LogP contribution in [0.2, 0.25) is 0 Å². The Kier molecular flexibility index (Phi) is 3.45. The van der Waals surface area contributed by atoms with Gasteiger partial charge in [-0.3, -0.25) is 4.79 Å². The number of carbonyl (C=O) groups excluding carboxylic acids is 1. The second-order valence-electron chi connectivity index (χ2n) is 2.75. The average Bonchev–Trinajstić information content (AvgIpc) is 2.18. The molecule has 1 amide bonds. The number of hydrogen-bond acceptors (Lipinski definition) is 2. The summed E-state index contributed by atoms with van der Waals surface area (Å²) in [5, 5.41) is 2.55. The van der Waals surface area contributed by atoms with Crippen molar-refractivity contribution in [2.45, 2.75) is 13.3 Å². The molecule has 0 radical (unpaired) electrons. The van der Waals surface area contributed by atoms with Crippen LogP contribution in [0.25, 0.3) is 0 Å². The minimum atomic E-state index is -0.405.